The lowest BCUT2D eigenvalue weighted by Gasteiger charge is -2.09. The Bertz CT molecular complexity index is 938. The van der Waals surface area contributed by atoms with Gasteiger partial charge in [0.1, 0.15) is 13.7 Å². The van der Waals surface area contributed by atoms with Crippen molar-refractivity contribution in [1.82, 2.24) is 20.2 Å². The minimum Gasteiger partial charge on any atom is -0.324 e. The molecule has 1 aliphatic rings. The summed E-state index contributed by atoms with van der Waals surface area (Å²) in [5.74, 6) is 2.16. The van der Waals surface area contributed by atoms with Gasteiger partial charge in [-0.05, 0) is 42.6 Å². The molecule has 1 fully saturated rings. The minimum absolute atomic E-state index is 0.402. The van der Waals surface area contributed by atoms with Crippen molar-refractivity contribution in [2.75, 3.05) is 10.6 Å². The molecule has 3 aromatic rings. The van der Waals surface area contributed by atoms with E-state index in [4.69, 9.17) is 13.1 Å². The SMILES string of the molecule is [B]c1cnc(Nc2ccc(C#N)cc2)nc1Nc1cc(C2CC2)[nH]n1. The number of nitrogens with one attached hydrogen (secondary N) is 3. The van der Waals surface area contributed by atoms with Crippen LogP contribution in [0, 0.1) is 11.3 Å². The maximum absolute atomic E-state index is 8.84. The topological polar surface area (TPSA) is 102 Å². The molecule has 120 valence electrons. The zero-order valence-corrected chi connectivity index (χ0v) is 13.3. The predicted molar refractivity (Wildman–Crippen MR) is 95.7 cm³/mol. The van der Waals surface area contributed by atoms with Gasteiger partial charge < -0.3 is 10.6 Å². The van der Waals surface area contributed by atoms with Crippen LogP contribution in [-0.2, 0) is 0 Å². The second-order valence-electron chi connectivity index (χ2n) is 5.92. The Morgan fingerprint density at radius 1 is 1.20 bits per heavy atom. The van der Waals surface area contributed by atoms with Gasteiger partial charge in [-0.25, -0.2) is 4.98 Å². The molecular weight excluding hydrogens is 313 g/mol. The van der Waals surface area contributed by atoms with E-state index in [1.54, 1.807) is 24.3 Å². The van der Waals surface area contributed by atoms with E-state index in [0.717, 1.165) is 11.4 Å². The highest BCUT2D eigenvalue weighted by Crippen LogP contribution is 2.39. The average Bonchev–Trinajstić information content (AvgIpc) is 3.38. The van der Waals surface area contributed by atoms with E-state index in [9.17, 15) is 0 Å². The van der Waals surface area contributed by atoms with Gasteiger partial charge in [0, 0.05) is 29.6 Å². The summed E-state index contributed by atoms with van der Waals surface area (Å²) in [5.41, 5.74) is 2.94. The first-order chi connectivity index (χ1) is 12.2. The van der Waals surface area contributed by atoms with Gasteiger partial charge in [-0.2, -0.15) is 15.3 Å². The van der Waals surface area contributed by atoms with Crippen LogP contribution in [0.5, 0.6) is 0 Å². The molecule has 0 bridgehead atoms. The Kier molecular flexibility index (Phi) is 3.82. The standard InChI is InChI=1S/C17H14BN7/c18-13-9-20-17(21-12-5-1-10(8-19)2-6-12)23-16(13)22-15-7-14(24-25-15)11-3-4-11/h1-2,5-7,9,11H,3-4H2,(H3,20,21,22,23,24,25). The van der Waals surface area contributed by atoms with Crippen molar-refractivity contribution < 1.29 is 0 Å². The predicted octanol–water partition coefficient (Wildman–Crippen LogP) is 2.23. The van der Waals surface area contributed by atoms with E-state index in [-0.39, 0.29) is 0 Å². The number of hydrogen-bond donors (Lipinski definition) is 3. The lowest BCUT2D eigenvalue weighted by molar-refractivity contribution is 0.966. The molecule has 7 nitrogen and oxygen atoms in total. The van der Waals surface area contributed by atoms with Crippen LogP contribution in [0.25, 0.3) is 0 Å². The molecule has 25 heavy (non-hydrogen) atoms. The Labute approximate surface area is 145 Å². The number of H-pyrrole nitrogens is 1. The third-order valence-electron chi connectivity index (χ3n) is 3.95. The zero-order chi connectivity index (χ0) is 17.2. The van der Waals surface area contributed by atoms with Crippen LogP contribution < -0.4 is 16.1 Å². The Morgan fingerprint density at radius 2 is 2.00 bits per heavy atom. The molecule has 0 atom stereocenters. The van der Waals surface area contributed by atoms with Crippen LogP contribution in [0.3, 0.4) is 0 Å². The fourth-order valence-corrected chi connectivity index (χ4v) is 2.43. The van der Waals surface area contributed by atoms with E-state index in [1.807, 2.05) is 6.07 Å². The first-order valence-corrected chi connectivity index (χ1v) is 7.93. The molecule has 1 aromatic carbocycles. The summed E-state index contributed by atoms with van der Waals surface area (Å²) >= 11 is 0. The molecule has 1 aliphatic carbocycles. The average molecular weight is 327 g/mol. The van der Waals surface area contributed by atoms with Crippen LogP contribution >= 0.6 is 0 Å². The normalized spacial score (nSPS) is 13.2. The quantitative estimate of drug-likeness (QED) is 0.621. The van der Waals surface area contributed by atoms with Crippen LogP contribution in [0.15, 0.2) is 36.5 Å². The van der Waals surface area contributed by atoms with Gasteiger partial charge in [0.05, 0.1) is 11.6 Å². The van der Waals surface area contributed by atoms with Gasteiger partial charge in [-0.1, -0.05) is 0 Å². The number of aromatic amines is 1. The van der Waals surface area contributed by atoms with Crippen molar-refractivity contribution in [1.29, 1.82) is 5.26 Å². The third kappa shape index (κ3) is 3.45. The summed E-state index contributed by atoms with van der Waals surface area (Å²) in [6.45, 7) is 0. The maximum Gasteiger partial charge on any atom is 0.229 e. The van der Waals surface area contributed by atoms with Crippen LogP contribution in [0.4, 0.5) is 23.3 Å². The maximum atomic E-state index is 8.84. The molecule has 1 saturated carbocycles. The lowest BCUT2D eigenvalue weighted by atomic mass is 9.99. The van der Waals surface area contributed by atoms with E-state index in [1.165, 1.54) is 19.0 Å². The highest BCUT2D eigenvalue weighted by molar-refractivity contribution is 6.35. The molecule has 0 amide bonds. The number of anilines is 4. The van der Waals surface area contributed by atoms with Gasteiger partial charge in [0.2, 0.25) is 5.95 Å². The first kappa shape index (κ1) is 15.2. The van der Waals surface area contributed by atoms with Gasteiger partial charge >= 0.3 is 0 Å². The molecule has 0 aliphatic heterocycles. The fourth-order valence-electron chi connectivity index (χ4n) is 2.43. The molecule has 0 unspecified atom stereocenters. The number of benzene rings is 1. The van der Waals surface area contributed by atoms with Crippen molar-refractivity contribution in [3.63, 3.8) is 0 Å². The molecule has 2 heterocycles. The van der Waals surface area contributed by atoms with Crippen molar-refractivity contribution >= 4 is 36.6 Å². The number of nitrogens with zero attached hydrogens (tertiary/aromatic N) is 4. The lowest BCUT2D eigenvalue weighted by Crippen LogP contribution is -2.14. The summed E-state index contributed by atoms with van der Waals surface area (Å²) in [6, 6.07) is 11.1. The van der Waals surface area contributed by atoms with Crippen molar-refractivity contribution in [3.8, 4) is 6.07 Å². The molecule has 4 rings (SSSR count). The molecule has 2 aromatic heterocycles. The molecule has 0 saturated heterocycles. The zero-order valence-electron chi connectivity index (χ0n) is 13.3. The highest BCUT2D eigenvalue weighted by Gasteiger charge is 2.25. The summed E-state index contributed by atoms with van der Waals surface area (Å²) in [6.07, 6.45) is 3.95. The van der Waals surface area contributed by atoms with E-state index in [2.05, 4.69) is 36.9 Å². The van der Waals surface area contributed by atoms with Crippen molar-refractivity contribution in [2.24, 2.45) is 0 Å². The Morgan fingerprint density at radius 3 is 2.72 bits per heavy atom. The van der Waals surface area contributed by atoms with Crippen LogP contribution in [0.1, 0.15) is 30.0 Å². The van der Waals surface area contributed by atoms with Crippen molar-refractivity contribution in [2.45, 2.75) is 18.8 Å². The summed E-state index contributed by atoms with van der Waals surface area (Å²) in [5, 5.41) is 22.3. The molecule has 0 spiro atoms. The largest absolute Gasteiger partial charge is 0.324 e. The van der Waals surface area contributed by atoms with E-state index >= 15 is 0 Å². The molecule has 3 N–H and O–H groups in total. The Balaban J connectivity index is 1.51. The fraction of sp³-hybridized carbons (Fsp3) is 0.176. The molecule has 2 radical (unpaired) electrons. The summed E-state index contributed by atoms with van der Waals surface area (Å²) in [4.78, 5) is 8.58. The number of rotatable bonds is 5. The summed E-state index contributed by atoms with van der Waals surface area (Å²) < 4.78 is 0. The third-order valence-corrected chi connectivity index (χ3v) is 3.95. The first-order valence-electron chi connectivity index (χ1n) is 7.93. The van der Waals surface area contributed by atoms with Crippen LogP contribution in [0.2, 0.25) is 0 Å². The Hall–Kier alpha value is -3.34. The van der Waals surface area contributed by atoms with Gasteiger partial charge in [-0.15, -0.1) is 0 Å². The van der Waals surface area contributed by atoms with Gasteiger partial charge in [0.15, 0.2) is 5.82 Å². The van der Waals surface area contributed by atoms with E-state index < -0.39 is 0 Å². The minimum atomic E-state index is 0.402. The molecule has 8 heteroatoms. The summed E-state index contributed by atoms with van der Waals surface area (Å²) in [7, 11) is 5.96. The van der Waals surface area contributed by atoms with Crippen molar-refractivity contribution in [3.05, 3.63) is 47.8 Å². The second kappa shape index (κ2) is 6.28. The van der Waals surface area contributed by atoms with E-state index in [0.29, 0.717) is 34.5 Å². The van der Waals surface area contributed by atoms with Crippen LogP contribution in [-0.4, -0.2) is 28.0 Å². The monoisotopic (exact) mass is 327 g/mol. The van der Waals surface area contributed by atoms with Gasteiger partial charge in [0.25, 0.3) is 0 Å². The number of hydrogen-bond acceptors (Lipinski definition) is 6. The molecular formula is C17H14BN7. The smallest absolute Gasteiger partial charge is 0.229 e. The number of nitriles is 1. The highest BCUT2D eigenvalue weighted by atomic mass is 15.2. The number of aromatic nitrogens is 4. The second-order valence-corrected chi connectivity index (χ2v) is 5.92. The van der Waals surface area contributed by atoms with Gasteiger partial charge in [-0.3, -0.25) is 5.10 Å².